The molecular weight excluding hydrogens is 266 g/mol. The third-order valence-electron chi connectivity index (χ3n) is 3.37. The molecule has 0 unspecified atom stereocenters. The molecular formula is C16H17N3O2. The molecule has 2 rings (SSSR count). The average molecular weight is 283 g/mol. The van der Waals surface area contributed by atoms with Crippen LogP contribution in [0.25, 0.3) is 11.9 Å². The van der Waals surface area contributed by atoms with Gasteiger partial charge in [-0.15, -0.1) is 0 Å². The van der Waals surface area contributed by atoms with Crippen molar-refractivity contribution >= 4 is 24.6 Å². The number of carbonyl (C=O) groups is 1. The summed E-state index contributed by atoms with van der Waals surface area (Å²) in [5.74, 6) is -0.466. The molecule has 5 heteroatoms. The fourth-order valence-electron chi connectivity index (χ4n) is 2.38. The summed E-state index contributed by atoms with van der Waals surface area (Å²) in [5, 5.41) is 15.4. The molecule has 0 aliphatic heterocycles. The highest BCUT2D eigenvalue weighted by Crippen LogP contribution is 2.16. The van der Waals surface area contributed by atoms with E-state index in [1.54, 1.807) is 13.8 Å². The summed E-state index contributed by atoms with van der Waals surface area (Å²) in [4.78, 5) is 15.4. The van der Waals surface area contributed by atoms with Gasteiger partial charge >= 0.3 is 5.97 Å². The summed E-state index contributed by atoms with van der Waals surface area (Å²) in [7, 11) is 0. The number of hydrogen-bond donors (Lipinski definition) is 1. The SMILES string of the molecule is C=NC(=c1ccccc1=CC)n1nc(C)c(C(=O)O)c1C. The lowest BCUT2D eigenvalue weighted by atomic mass is 10.2. The maximum Gasteiger partial charge on any atom is 0.339 e. The molecule has 0 saturated carbocycles. The van der Waals surface area contributed by atoms with E-state index < -0.39 is 5.97 Å². The van der Waals surface area contributed by atoms with Crippen LogP contribution in [0.2, 0.25) is 0 Å². The molecule has 1 heterocycles. The maximum atomic E-state index is 11.3. The minimum atomic E-state index is -0.991. The molecule has 1 aromatic carbocycles. The number of benzene rings is 1. The van der Waals surface area contributed by atoms with Crippen LogP contribution in [0, 0.1) is 13.8 Å². The molecule has 0 aliphatic rings. The van der Waals surface area contributed by atoms with Gasteiger partial charge in [0.2, 0.25) is 0 Å². The second-order valence-corrected chi connectivity index (χ2v) is 4.62. The highest BCUT2D eigenvalue weighted by molar-refractivity contribution is 5.90. The van der Waals surface area contributed by atoms with Crippen LogP contribution in [0.5, 0.6) is 0 Å². The van der Waals surface area contributed by atoms with E-state index in [0.717, 1.165) is 10.4 Å². The number of aliphatic imine (C=N–C) groups is 1. The quantitative estimate of drug-likeness (QED) is 0.864. The van der Waals surface area contributed by atoms with E-state index in [2.05, 4.69) is 16.8 Å². The monoisotopic (exact) mass is 283 g/mol. The van der Waals surface area contributed by atoms with Crippen molar-refractivity contribution < 1.29 is 9.90 Å². The van der Waals surface area contributed by atoms with Crippen LogP contribution >= 0.6 is 0 Å². The Labute approximate surface area is 122 Å². The first-order chi connectivity index (χ1) is 10.0. The number of aromatic carboxylic acids is 1. The fraction of sp³-hybridized carbons (Fsp3) is 0.188. The molecule has 108 valence electrons. The van der Waals surface area contributed by atoms with E-state index in [9.17, 15) is 9.90 Å². The third kappa shape index (κ3) is 2.50. The highest BCUT2D eigenvalue weighted by Gasteiger charge is 2.19. The van der Waals surface area contributed by atoms with Crippen molar-refractivity contribution in [3.05, 3.63) is 51.7 Å². The molecule has 0 fully saturated rings. The maximum absolute atomic E-state index is 11.3. The zero-order valence-corrected chi connectivity index (χ0v) is 12.3. The molecule has 1 aromatic heterocycles. The Morgan fingerprint density at radius 2 is 2.05 bits per heavy atom. The van der Waals surface area contributed by atoms with Crippen LogP contribution in [0.1, 0.15) is 28.7 Å². The molecule has 0 saturated heterocycles. The van der Waals surface area contributed by atoms with Crippen molar-refractivity contribution in [1.29, 1.82) is 0 Å². The second-order valence-electron chi connectivity index (χ2n) is 4.62. The Balaban J connectivity index is 2.90. The van der Waals surface area contributed by atoms with Gasteiger partial charge in [0, 0.05) is 5.22 Å². The minimum absolute atomic E-state index is 0.203. The van der Waals surface area contributed by atoms with Crippen LogP contribution in [0.3, 0.4) is 0 Å². The molecule has 0 bridgehead atoms. The van der Waals surface area contributed by atoms with Gasteiger partial charge in [-0.1, -0.05) is 30.3 Å². The molecule has 0 amide bonds. The number of carboxylic acids is 1. The summed E-state index contributed by atoms with van der Waals surface area (Å²) < 4.78 is 1.54. The number of carboxylic acid groups (broad SMARTS) is 1. The lowest BCUT2D eigenvalue weighted by molar-refractivity contribution is 0.0695. The standard InChI is InChI=1S/C16H17N3O2/c1-5-12-8-6-7-9-13(12)15(17-4)19-11(3)14(16(20)21)10(2)18-19/h5-9H,4H2,1-3H3,(H,20,21). The lowest BCUT2D eigenvalue weighted by Crippen LogP contribution is -2.28. The van der Waals surface area contributed by atoms with E-state index in [-0.39, 0.29) is 5.56 Å². The van der Waals surface area contributed by atoms with E-state index in [1.165, 1.54) is 4.68 Å². The predicted octanol–water partition coefficient (Wildman–Crippen LogP) is 1.31. The number of nitrogens with zero attached hydrogens (tertiary/aromatic N) is 3. The van der Waals surface area contributed by atoms with Crippen molar-refractivity contribution in [1.82, 2.24) is 9.78 Å². The van der Waals surface area contributed by atoms with Crippen LogP contribution in [0.4, 0.5) is 0 Å². The largest absolute Gasteiger partial charge is 0.478 e. The minimum Gasteiger partial charge on any atom is -0.478 e. The molecule has 2 aromatic rings. The lowest BCUT2D eigenvalue weighted by Gasteiger charge is -2.05. The van der Waals surface area contributed by atoms with Gasteiger partial charge in [0.1, 0.15) is 5.56 Å². The van der Waals surface area contributed by atoms with Crippen molar-refractivity contribution in [2.24, 2.45) is 4.99 Å². The Kier molecular flexibility index (Phi) is 4.03. The fourth-order valence-corrected chi connectivity index (χ4v) is 2.38. The van der Waals surface area contributed by atoms with E-state index >= 15 is 0 Å². The van der Waals surface area contributed by atoms with Crippen LogP contribution in [-0.2, 0) is 0 Å². The summed E-state index contributed by atoms with van der Waals surface area (Å²) in [6.07, 6.45) is 1.96. The van der Waals surface area contributed by atoms with Crippen LogP contribution in [0.15, 0.2) is 29.3 Å². The Hall–Kier alpha value is -2.69. The van der Waals surface area contributed by atoms with E-state index in [1.807, 2.05) is 37.3 Å². The Morgan fingerprint density at radius 1 is 1.38 bits per heavy atom. The summed E-state index contributed by atoms with van der Waals surface area (Å²) in [6.45, 7) is 8.93. The Morgan fingerprint density at radius 3 is 2.57 bits per heavy atom. The summed E-state index contributed by atoms with van der Waals surface area (Å²) in [6, 6.07) is 7.71. The van der Waals surface area contributed by atoms with Crippen molar-refractivity contribution in [2.45, 2.75) is 20.8 Å². The number of aromatic nitrogens is 2. The van der Waals surface area contributed by atoms with Crippen LogP contribution < -0.4 is 10.4 Å². The number of rotatable bonds is 3. The van der Waals surface area contributed by atoms with Crippen molar-refractivity contribution in [3.8, 4) is 0 Å². The van der Waals surface area contributed by atoms with Gasteiger partial charge in [-0.25, -0.2) is 14.5 Å². The van der Waals surface area contributed by atoms with Gasteiger partial charge in [-0.3, -0.25) is 0 Å². The zero-order valence-electron chi connectivity index (χ0n) is 12.3. The first kappa shape index (κ1) is 14.7. The average Bonchev–Trinajstić information content (AvgIpc) is 2.75. The van der Waals surface area contributed by atoms with E-state index in [4.69, 9.17) is 0 Å². The first-order valence-corrected chi connectivity index (χ1v) is 6.53. The van der Waals surface area contributed by atoms with Crippen LogP contribution in [-0.4, -0.2) is 27.6 Å². The molecule has 0 atom stereocenters. The highest BCUT2D eigenvalue weighted by atomic mass is 16.4. The molecule has 0 spiro atoms. The van der Waals surface area contributed by atoms with Gasteiger partial charge in [-0.2, -0.15) is 5.10 Å². The molecule has 0 aliphatic carbocycles. The zero-order chi connectivity index (χ0) is 15.6. The van der Waals surface area contributed by atoms with Gasteiger partial charge < -0.3 is 5.11 Å². The van der Waals surface area contributed by atoms with Crippen molar-refractivity contribution in [3.63, 3.8) is 0 Å². The third-order valence-corrected chi connectivity index (χ3v) is 3.37. The van der Waals surface area contributed by atoms with Crippen molar-refractivity contribution in [2.75, 3.05) is 0 Å². The topological polar surface area (TPSA) is 67.5 Å². The van der Waals surface area contributed by atoms with Gasteiger partial charge in [0.05, 0.1) is 11.4 Å². The predicted molar refractivity (Wildman–Crippen MR) is 82.8 cm³/mol. The second kappa shape index (κ2) is 5.75. The number of aryl methyl sites for hydroxylation is 1. The van der Waals surface area contributed by atoms with Gasteiger partial charge in [-0.05, 0) is 32.7 Å². The summed E-state index contributed by atoms with van der Waals surface area (Å²) >= 11 is 0. The van der Waals surface area contributed by atoms with E-state index in [0.29, 0.717) is 17.2 Å². The van der Waals surface area contributed by atoms with Gasteiger partial charge in [0.15, 0.2) is 5.82 Å². The van der Waals surface area contributed by atoms with Gasteiger partial charge in [0.25, 0.3) is 0 Å². The first-order valence-electron chi connectivity index (χ1n) is 6.53. The summed E-state index contributed by atoms with van der Waals surface area (Å²) in [5.41, 5.74) is 1.20. The molecule has 5 nitrogen and oxygen atoms in total. The molecule has 21 heavy (non-hydrogen) atoms. The molecule has 1 N–H and O–H groups in total. The normalized spacial score (nSPS) is 13.2. The smallest absolute Gasteiger partial charge is 0.339 e. The Bertz CT molecular complexity index is 832. The number of hydrogen-bond acceptors (Lipinski definition) is 3. The molecule has 0 radical (unpaired) electrons.